The van der Waals surface area contributed by atoms with E-state index in [1.807, 2.05) is 47.5 Å². The molecule has 3 aromatic rings. The Morgan fingerprint density at radius 3 is 2.72 bits per heavy atom. The molecule has 2 N–H and O–H groups in total. The van der Waals surface area contributed by atoms with E-state index in [4.69, 9.17) is 12.2 Å². The Labute approximate surface area is 150 Å². The summed E-state index contributed by atoms with van der Waals surface area (Å²) in [5.41, 5.74) is 3.37. The monoisotopic (exact) mass is 352 g/mol. The lowest BCUT2D eigenvalue weighted by molar-refractivity contribution is 0.558. The van der Waals surface area contributed by atoms with Crippen LogP contribution in [0, 0.1) is 12.7 Å². The normalized spacial score (nSPS) is 19.9. The first-order valence-electron chi connectivity index (χ1n) is 8.05. The first-order chi connectivity index (χ1) is 12.1. The van der Waals surface area contributed by atoms with Gasteiger partial charge in [0.15, 0.2) is 5.11 Å². The van der Waals surface area contributed by atoms with E-state index in [-0.39, 0.29) is 17.9 Å². The third-order valence-corrected chi connectivity index (χ3v) is 4.77. The number of aromatic amines is 1. The third kappa shape index (κ3) is 2.78. The number of pyridine rings is 1. The predicted octanol–water partition coefficient (Wildman–Crippen LogP) is 4.03. The fourth-order valence-corrected chi connectivity index (χ4v) is 3.60. The first-order valence-corrected chi connectivity index (χ1v) is 8.46. The van der Waals surface area contributed by atoms with Gasteiger partial charge in [-0.2, -0.15) is 0 Å². The second-order valence-electron chi connectivity index (χ2n) is 6.06. The Bertz CT molecular complexity index is 895. The van der Waals surface area contributed by atoms with Crippen LogP contribution in [0.1, 0.15) is 29.0 Å². The molecule has 4 nitrogen and oxygen atoms in total. The largest absolute Gasteiger partial charge is 0.363 e. The summed E-state index contributed by atoms with van der Waals surface area (Å²) in [6.07, 6.45) is 3.66. The quantitative estimate of drug-likeness (QED) is 0.699. The Morgan fingerprint density at radius 2 is 2.04 bits per heavy atom. The number of benzene rings is 1. The topological polar surface area (TPSA) is 44.0 Å². The van der Waals surface area contributed by atoms with Gasteiger partial charge < -0.3 is 15.2 Å². The second kappa shape index (κ2) is 6.29. The number of aryl methyl sites for hydroxylation is 1. The van der Waals surface area contributed by atoms with E-state index in [9.17, 15) is 4.39 Å². The summed E-state index contributed by atoms with van der Waals surface area (Å²) in [6, 6.07) is 14.7. The molecule has 1 aromatic carbocycles. The van der Waals surface area contributed by atoms with Crippen LogP contribution in [0.15, 0.2) is 60.9 Å². The van der Waals surface area contributed by atoms with Crippen molar-refractivity contribution < 1.29 is 4.39 Å². The molecule has 6 heteroatoms. The molecule has 1 saturated heterocycles. The minimum atomic E-state index is -0.223. The van der Waals surface area contributed by atoms with E-state index in [1.54, 1.807) is 19.2 Å². The van der Waals surface area contributed by atoms with Crippen LogP contribution < -0.4 is 10.2 Å². The number of hydrogen-bond donors (Lipinski definition) is 2. The van der Waals surface area contributed by atoms with Gasteiger partial charge in [-0.15, -0.1) is 0 Å². The summed E-state index contributed by atoms with van der Waals surface area (Å²) in [5.74, 6) is -0.223. The van der Waals surface area contributed by atoms with E-state index in [1.165, 1.54) is 6.07 Å². The van der Waals surface area contributed by atoms with Crippen molar-refractivity contribution in [3.63, 3.8) is 0 Å². The van der Waals surface area contributed by atoms with Gasteiger partial charge in [0.25, 0.3) is 0 Å². The smallest absolute Gasteiger partial charge is 0.174 e. The van der Waals surface area contributed by atoms with Crippen molar-refractivity contribution in [3.05, 3.63) is 83.7 Å². The predicted molar refractivity (Wildman–Crippen MR) is 99.9 cm³/mol. The molecular weight excluding hydrogens is 335 g/mol. The van der Waals surface area contributed by atoms with Crippen LogP contribution >= 0.6 is 12.2 Å². The van der Waals surface area contributed by atoms with Crippen molar-refractivity contribution in [2.75, 3.05) is 4.90 Å². The molecule has 2 aromatic heterocycles. The standard InChI is InChI=1S/C19H17FN4S/c1-12-11-13(7-8-14(12)20)24-18(16-6-4-10-22-16)17(23-19(24)25)15-5-2-3-9-21-15/h2-11,17-18,22H,1H3,(H,23,25)/t17-,18+/m0/s1. The molecule has 0 amide bonds. The van der Waals surface area contributed by atoms with Gasteiger partial charge in [-0.25, -0.2) is 4.39 Å². The number of anilines is 1. The zero-order valence-corrected chi connectivity index (χ0v) is 14.4. The van der Waals surface area contributed by atoms with E-state index in [0.717, 1.165) is 17.1 Å². The van der Waals surface area contributed by atoms with Gasteiger partial charge in [-0.3, -0.25) is 4.98 Å². The number of aromatic nitrogens is 2. The highest BCUT2D eigenvalue weighted by Crippen LogP contribution is 2.41. The Balaban J connectivity index is 1.82. The van der Waals surface area contributed by atoms with E-state index in [0.29, 0.717) is 10.7 Å². The molecule has 3 heterocycles. The SMILES string of the molecule is Cc1cc(N2C(=S)N[C@@H](c3ccccn3)[C@H]2c2ccc[nH]2)ccc1F. The zero-order chi connectivity index (χ0) is 17.4. The number of nitrogens with zero attached hydrogens (tertiary/aromatic N) is 2. The number of nitrogens with one attached hydrogen (secondary N) is 2. The summed E-state index contributed by atoms with van der Waals surface area (Å²) >= 11 is 5.61. The molecule has 0 radical (unpaired) electrons. The van der Waals surface area contributed by atoms with Gasteiger partial charge in [0.2, 0.25) is 0 Å². The van der Waals surface area contributed by atoms with Gasteiger partial charge in [-0.1, -0.05) is 6.07 Å². The molecule has 0 unspecified atom stereocenters. The highest BCUT2D eigenvalue weighted by molar-refractivity contribution is 7.80. The average molecular weight is 352 g/mol. The second-order valence-corrected chi connectivity index (χ2v) is 6.44. The summed E-state index contributed by atoms with van der Waals surface area (Å²) in [4.78, 5) is 9.80. The molecule has 0 saturated carbocycles. The molecule has 0 spiro atoms. The molecule has 25 heavy (non-hydrogen) atoms. The molecular formula is C19H17FN4S. The lowest BCUT2D eigenvalue weighted by Crippen LogP contribution is -2.29. The number of H-pyrrole nitrogens is 1. The summed E-state index contributed by atoms with van der Waals surface area (Å²) < 4.78 is 13.7. The average Bonchev–Trinajstić information content (AvgIpc) is 3.25. The summed E-state index contributed by atoms with van der Waals surface area (Å²) in [7, 11) is 0. The molecule has 126 valence electrons. The van der Waals surface area contributed by atoms with Crippen molar-refractivity contribution in [1.82, 2.24) is 15.3 Å². The van der Waals surface area contributed by atoms with E-state index >= 15 is 0 Å². The van der Waals surface area contributed by atoms with E-state index < -0.39 is 0 Å². The lowest BCUT2D eigenvalue weighted by Gasteiger charge is -2.27. The fourth-order valence-electron chi connectivity index (χ4n) is 3.26. The first kappa shape index (κ1) is 15.8. The number of thiocarbonyl (C=S) groups is 1. The maximum Gasteiger partial charge on any atom is 0.174 e. The minimum Gasteiger partial charge on any atom is -0.363 e. The molecule has 0 aliphatic carbocycles. The summed E-state index contributed by atoms with van der Waals surface area (Å²) in [5, 5.41) is 3.97. The highest BCUT2D eigenvalue weighted by Gasteiger charge is 2.41. The van der Waals surface area contributed by atoms with Gasteiger partial charge in [0.05, 0.1) is 11.7 Å². The molecule has 2 atom stereocenters. The van der Waals surface area contributed by atoms with Crippen LogP contribution in [0.2, 0.25) is 0 Å². The van der Waals surface area contributed by atoms with Crippen molar-refractivity contribution in [2.45, 2.75) is 19.0 Å². The number of hydrogen-bond acceptors (Lipinski definition) is 2. The van der Waals surface area contributed by atoms with Gasteiger partial charge in [0.1, 0.15) is 11.9 Å². The van der Waals surface area contributed by atoms with Crippen molar-refractivity contribution in [3.8, 4) is 0 Å². The van der Waals surface area contributed by atoms with Gasteiger partial charge in [0, 0.05) is 23.8 Å². The van der Waals surface area contributed by atoms with Crippen LogP contribution in [0.25, 0.3) is 0 Å². The Hall–Kier alpha value is -2.73. The number of halogens is 1. The van der Waals surface area contributed by atoms with Crippen LogP contribution in [0.4, 0.5) is 10.1 Å². The zero-order valence-electron chi connectivity index (χ0n) is 13.6. The lowest BCUT2D eigenvalue weighted by atomic mass is 10.0. The van der Waals surface area contributed by atoms with Crippen molar-refractivity contribution in [1.29, 1.82) is 0 Å². The molecule has 1 fully saturated rings. The van der Waals surface area contributed by atoms with Crippen LogP contribution in [0.5, 0.6) is 0 Å². The molecule has 1 aliphatic heterocycles. The molecule has 1 aliphatic rings. The maximum atomic E-state index is 13.7. The van der Waals surface area contributed by atoms with Crippen LogP contribution in [-0.2, 0) is 0 Å². The fraction of sp³-hybridized carbons (Fsp3) is 0.158. The van der Waals surface area contributed by atoms with E-state index in [2.05, 4.69) is 15.3 Å². The summed E-state index contributed by atoms with van der Waals surface area (Å²) in [6.45, 7) is 1.76. The maximum absolute atomic E-state index is 13.7. The van der Waals surface area contributed by atoms with Gasteiger partial charge in [-0.05, 0) is 67.2 Å². The minimum absolute atomic E-state index is 0.0951. The van der Waals surface area contributed by atoms with Gasteiger partial charge >= 0.3 is 0 Å². The van der Waals surface area contributed by atoms with Crippen molar-refractivity contribution in [2.24, 2.45) is 0 Å². The third-order valence-electron chi connectivity index (χ3n) is 4.46. The highest BCUT2D eigenvalue weighted by atomic mass is 32.1. The van der Waals surface area contributed by atoms with Crippen LogP contribution in [0.3, 0.4) is 0 Å². The number of rotatable bonds is 3. The Morgan fingerprint density at radius 1 is 1.16 bits per heavy atom. The van der Waals surface area contributed by atoms with Crippen LogP contribution in [-0.4, -0.2) is 15.1 Å². The Kier molecular flexibility index (Phi) is 3.97. The molecule has 4 rings (SSSR count). The van der Waals surface area contributed by atoms with Crippen molar-refractivity contribution >= 4 is 23.0 Å². The molecule has 0 bridgehead atoms.